The Morgan fingerprint density at radius 2 is 0.795 bits per heavy atom. The first kappa shape index (κ1) is 89.7. The summed E-state index contributed by atoms with van der Waals surface area (Å²) in [6.45, 7) is 1.49. The molecule has 0 unspecified atom stereocenters. The number of carbonyl (C=O) groups excluding carboxylic acids is 11. The Morgan fingerprint density at radius 1 is 0.438 bits per heavy atom. The Bertz CT molecular complexity index is 4130. The van der Waals surface area contributed by atoms with Gasteiger partial charge in [-0.25, -0.2) is 4.79 Å². The molecule has 25 N–H and O–H groups in total. The van der Waals surface area contributed by atoms with E-state index >= 15 is 19.2 Å². The van der Waals surface area contributed by atoms with Crippen molar-refractivity contribution in [2.75, 3.05) is 31.2 Å². The second-order valence-electron chi connectivity index (χ2n) is 26.8. The van der Waals surface area contributed by atoms with Gasteiger partial charge < -0.3 is 112 Å². The van der Waals surface area contributed by atoms with Gasteiger partial charge in [-0.1, -0.05) is 121 Å². The van der Waals surface area contributed by atoms with Crippen LogP contribution in [0.5, 0.6) is 5.75 Å². The van der Waals surface area contributed by atoms with E-state index in [9.17, 15) is 63.9 Å². The minimum atomic E-state index is -1.89. The fourth-order valence-electron chi connectivity index (χ4n) is 11.8. The van der Waals surface area contributed by atoms with E-state index in [1.165, 1.54) is 24.3 Å². The fraction of sp³-hybridized carbons (Fsp3) is 0.408. The number of para-hydroxylation sites is 1. The highest BCUT2D eigenvalue weighted by atomic mass is 32.1. The number of aromatic amines is 1. The van der Waals surface area contributed by atoms with Crippen LogP contribution in [0, 0.1) is 5.41 Å². The third kappa shape index (κ3) is 28.9. The summed E-state index contributed by atoms with van der Waals surface area (Å²) in [5, 5.41) is 90.8. The molecule has 0 fully saturated rings. The number of aliphatic hydroxyl groups is 3. The highest BCUT2D eigenvalue weighted by molar-refractivity contribution is 7.80. The predicted molar refractivity (Wildman–Crippen MR) is 421 cm³/mol. The number of benzene rings is 5. The Labute approximate surface area is 657 Å². The monoisotopic (exact) mass is 1590 g/mol. The zero-order valence-electron chi connectivity index (χ0n) is 61.8. The number of phenolic OH excluding ortho intramolecular Hbond substituents is 1. The van der Waals surface area contributed by atoms with Gasteiger partial charge in [0.2, 0.25) is 65.0 Å². The SMILES string of the molecule is C[C@@H](O)[C@H](NC(=O)[C@H](CCCCN)NC(=O)[C@@H](Cc1c[nH]c2ccccc12)NC(=O)[C@H](Cc1ccccc1)NC(=O)[C@H](Cc1ccccc1)NC(=O)[C@@H](Cc1ccc(O)cc1)NC(=O)[C@H](CCCNC(=N)N)NC(=O)[C@@H](N)CS)C(=O)N[C@@H](Cc1ccccc1)C(=O)N[C@H](C(=O)N[C@@H](CO)C(=O)N[C@H](CS)C(=O)O)[C@@H](C)O. The average Bonchev–Trinajstić information content (AvgIpc) is 1.60. The number of H-pyrrole nitrogens is 1. The highest BCUT2D eigenvalue weighted by Gasteiger charge is 2.39. The van der Waals surface area contributed by atoms with Gasteiger partial charge in [0.1, 0.15) is 72.2 Å². The van der Waals surface area contributed by atoms with Gasteiger partial charge in [0, 0.05) is 67.3 Å². The number of aliphatic hydroxyl groups excluding tert-OH is 3. The van der Waals surface area contributed by atoms with E-state index < -0.39 is 162 Å². The fourth-order valence-corrected chi connectivity index (χ4v) is 12.2. The number of amides is 11. The van der Waals surface area contributed by atoms with Gasteiger partial charge in [-0.2, -0.15) is 25.3 Å². The topological polar surface area (TPSA) is 568 Å². The Morgan fingerprint density at radius 3 is 1.21 bits per heavy atom. The second-order valence-corrected chi connectivity index (χ2v) is 27.5. The van der Waals surface area contributed by atoms with Gasteiger partial charge in [-0.05, 0) is 98.5 Å². The maximum absolute atomic E-state index is 15.4. The molecule has 0 radical (unpaired) electrons. The standard InChI is InChI=1S/C76H101N17O17S2/c1-42(95)62(73(107)89-58(35-46-21-10-5-11-22-46)71(105)93-63(43(2)96)74(108)90-60(39-94)72(106)91-61(41-112)75(109)110)92-66(100)53(25-14-15-31-77)84-70(104)59(37-48-38-82-52-24-13-12-23-50(48)52)88-69(103)56(34-45-19-8-4-9-20-45)87-67(101)55(33-44-17-6-3-7-18-44)86-68(102)57(36-47-27-29-49(97)30-28-47)85-65(99)54(26-16-32-81-76(79)80)83-64(98)51(78)40-111/h3-13,17-24,27-30,38,42-43,51,53-63,82,94-97,111-112H,14-16,25-26,31-37,39-41,77-78H2,1-2H3,(H,83,98)(H,84,104)(H,85,99)(H,86,102)(H,87,101)(H,88,103)(H,89,107)(H,90,108)(H,91,106)(H,92,100)(H,93,105)(H,109,110)(H4,79,80,81)/t42-,43-,51+,53+,54+,55+,56+,57-,58+,59-,60+,61-,62+,63+/m1/s1. The third-order valence-electron chi connectivity index (χ3n) is 18.0. The van der Waals surface area contributed by atoms with Crippen LogP contribution in [-0.4, -0.2) is 223 Å². The minimum Gasteiger partial charge on any atom is -0.508 e. The summed E-state index contributed by atoms with van der Waals surface area (Å²) in [6.07, 6.45) is -2.46. The molecule has 0 spiro atoms. The molecule has 36 heteroatoms. The van der Waals surface area contributed by atoms with Crippen LogP contribution in [0.15, 0.2) is 146 Å². The first-order valence-electron chi connectivity index (χ1n) is 36.3. The maximum atomic E-state index is 15.4. The molecule has 112 heavy (non-hydrogen) atoms. The summed E-state index contributed by atoms with van der Waals surface area (Å²) in [7, 11) is 0. The number of carboxylic acid groups (broad SMARTS) is 1. The van der Waals surface area contributed by atoms with Crippen LogP contribution in [0.2, 0.25) is 0 Å². The van der Waals surface area contributed by atoms with Crippen molar-refractivity contribution in [1.29, 1.82) is 5.41 Å². The van der Waals surface area contributed by atoms with E-state index in [0.717, 1.165) is 13.8 Å². The molecule has 6 aromatic rings. The molecule has 0 aliphatic rings. The quantitative estimate of drug-likeness (QED) is 0.00791. The van der Waals surface area contributed by atoms with Crippen molar-refractivity contribution in [2.45, 2.75) is 163 Å². The van der Waals surface area contributed by atoms with Gasteiger partial charge in [0.15, 0.2) is 5.96 Å². The van der Waals surface area contributed by atoms with Crippen molar-refractivity contribution in [1.82, 2.24) is 68.8 Å². The smallest absolute Gasteiger partial charge is 0.327 e. The molecule has 0 aliphatic carbocycles. The van der Waals surface area contributed by atoms with Crippen molar-refractivity contribution in [3.05, 3.63) is 174 Å². The minimum absolute atomic E-state index is 0.0282. The van der Waals surface area contributed by atoms with Crippen LogP contribution in [-0.2, 0) is 89.6 Å². The zero-order valence-corrected chi connectivity index (χ0v) is 63.6. The molecule has 0 saturated carbocycles. The number of nitrogens with two attached hydrogens (primary N) is 3. The van der Waals surface area contributed by atoms with Crippen LogP contribution in [0.4, 0.5) is 0 Å². The number of aromatic hydroxyl groups is 1. The van der Waals surface area contributed by atoms with Gasteiger partial charge in [-0.3, -0.25) is 58.1 Å². The molecule has 5 aromatic carbocycles. The molecule has 0 saturated heterocycles. The number of carbonyl (C=O) groups is 12. The van der Waals surface area contributed by atoms with Crippen LogP contribution < -0.4 is 81.0 Å². The normalized spacial score (nSPS) is 14.9. The molecule has 1 aromatic heterocycles. The summed E-state index contributed by atoms with van der Waals surface area (Å²) in [6, 6.07) is 19.2. The Hall–Kier alpha value is -11.1. The molecular formula is C76H101N17O17S2. The summed E-state index contributed by atoms with van der Waals surface area (Å²) in [4.78, 5) is 174. The number of thiol groups is 2. The number of hydrogen-bond donors (Lipinski definition) is 24. The largest absolute Gasteiger partial charge is 0.508 e. The van der Waals surface area contributed by atoms with Crippen LogP contribution in [0.3, 0.4) is 0 Å². The average molecular weight is 1590 g/mol. The van der Waals surface area contributed by atoms with E-state index in [1.54, 1.807) is 121 Å². The van der Waals surface area contributed by atoms with Crippen molar-refractivity contribution < 1.29 is 83.1 Å². The number of aromatic nitrogens is 1. The van der Waals surface area contributed by atoms with E-state index in [1.807, 2.05) is 0 Å². The number of rotatable bonds is 46. The van der Waals surface area contributed by atoms with E-state index in [0.29, 0.717) is 45.1 Å². The number of unbranched alkanes of at least 4 members (excludes halogenated alkanes) is 1. The van der Waals surface area contributed by atoms with Gasteiger partial charge in [-0.15, -0.1) is 0 Å². The summed E-state index contributed by atoms with van der Waals surface area (Å²) < 4.78 is 0. The zero-order chi connectivity index (χ0) is 82.0. The second kappa shape index (κ2) is 45.9. The number of hydrogen-bond acceptors (Lipinski definition) is 21. The summed E-state index contributed by atoms with van der Waals surface area (Å²) >= 11 is 8.02. The van der Waals surface area contributed by atoms with Gasteiger partial charge >= 0.3 is 5.97 Å². The lowest BCUT2D eigenvalue weighted by Gasteiger charge is -2.29. The van der Waals surface area contributed by atoms with Crippen molar-refractivity contribution >= 4 is 113 Å². The third-order valence-corrected chi connectivity index (χ3v) is 18.7. The first-order valence-corrected chi connectivity index (χ1v) is 37.5. The molecule has 6 rings (SSSR count). The maximum Gasteiger partial charge on any atom is 0.327 e. The Kier molecular flexibility index (Phi) is 36.8. The highest BCUT2D eigenvalue weighted by Crippen LogP contribution is 2.21. The lowest BCUT2D eigenvalue weighted by Crippen LogP contribution is -2.63. The van der Waals surface area contributed by atoms with E-state index in [-0.39, 0.29) is 94.1 Å². The van der Waals surface area contributed by atoms with Gasteiger partial charge in [0.25, 0.3) is 0 Å². The van der Waals surface area contributed by atoms with Crippen LogP contribution in [0.1, 0.15) is 73.8 Å². The van der Waals surface area contributed by atoms with Crippen molar-refractivity contribution in [3.63, 3.8) is 0 Å². The molecule has 34 nitrogen and oxygen atoms in total. The van der Waals surface area contributed by atoms with E-state index in [4.69, 9.17) is 22.6 Å². The lowest BCUT2D eigenvalue weighted by molar-refractivity contribution is -0.142. The van der Waals surface area contributed by atoms with Crippen molar-refractivity contribution in [3.8, 4) is 5.75 Å². The number of nitrogens with one attached hydrogen (secondary N) is 14. The first-order chi connectivity index (χ1) is 53.5. The summed E-state index contributed by atoms with van der Waals surface area (Å²) in [5.41, 5.74) is 20.5. The lowest BCUT2D eigenvalue weighted by atomic mass is 9.99. The molecule has 14 atom stereocenters. The van der Waals surface area contributed by atoms with Crippen LogP contribution in [0.25, 0.3) is 10.9 Å². The van der Waals surface area contributed by atoms with Gasteiger partial charge in [0.05, 0.1) is 24.9 Å². The molecular weight excluding hydrogens is 1490 g/mol. The number of fused-ring (bicyclic) bond motifs is 1. The molecule has 0 bridgehead atoms. The van der Waals surface area contributed by atoms with Crippen molar-refractivity contribution in [2.24, 2.45) is 17.2 Å². The molecule has 1 heterocycles. The summed E-state index contributed by atoms with van der Waals surface area (Å²) in [5.74, 6) is -13.2. The number of carboxylic acids is 1. The molecule has 0 aliphatic heterocycles. The molecule has 604 valence electrons. The molecule has 11 amide bonds. The number of aliphatic carboxylic acids is 1. The predicted octanol–water partition coefficient (Wildman–Crippen LogP) is -2.86. The number of guanidine groups is 1. The van der Waals surface area contributed by atoms with E-state index in [2.05, 4.69) is 94.0 Å². The van der Waals surface area contributed by atoms with Crippen LogP contribution >= 0.6 is 25.3 Å². The Balaban J connectivity index is 1.31. The number of phenols is 1.